The van der Waals surface area contributed by atoms with Crippen LogP contribution in [-0.2, 0) is 4.79 Å². The lowest BCUT2D eigenvalue weighted by molar-refractivity contribution is -0.119. The van der Waals surface area contributed by atoms with E-state index in [2.05, 4.69) is 11.4 Å². The van der Waals surface area contributed by atoms with Crippen LogP contribution in [0.4, 0.5) is 11.4 Å². The molecule has 0 spiro atoms. The normalized spacial score (nSPS) is 9.61. The fraction of sp³-hybridized carbons (Fsp3) is 0.385. The number of hydrogen-bond donors (Lipinski definition) is 2. The number of carbonyl (C=O) groups excluding carboxylic acids is 1. The van der Waals surface area contributed by atoms with E-state index in [1.54, 1.807) is 30.1 Å². The van der Waals surface area contributed by atoms with Gasteiger partial charge in [-0.25, -0.2) is 0 Å². The van der Waals surface area contributed by atoms with Crippen molar-refractivity contribution in [3.63, 3.8) is 0 Å². The molecule has 18 heavy (non-hydrogen) atoms. The van der Waals surface area contributed by atoms with Crippen molar-refractivity contribution in [2.45, 2.75) is 13.3 Å². The molecule has 0 bridgehead atoms. The van der Waals surface area contributed by atoms with Gasteiger partial charge in [-0.05, 0) is 24.6 Å². The minimum atomic E-state index is -0.0545. The van der Waals surface area contributed by atoms with Crippen LogP contribution < -0.4 is 16.0 Å². The van der Waals surface area contributed by atoms with Gasteiger partial charge in [-0.15, -0.1) is 0 Å². The summed E-state index contributed by atoms with van der Waals surface area (Å²) in [6, 6.07) is 7.07. The summed E-state index contributed by atoms with van der Waals surface area (Å²) in [6.07, 6.45) is 0.904. The highest BCUT2D eigenvalue weighted by Crippen LogP contribution is 2.22. The third-order valence-corrected chi connectivity index (χ3v) is 2.52. The molecular formula is C13H18N4O. The maximum atomic E-state index is 11.6. The lowest BCUT2D eigenvalue weighted by Crippen LogP contribution is -2.35. The van der Waals surface area contributed by atoms with Crippen molar-refractivity contribution < 1.29 is 4.79 Å². The number of nitrogens with two attached hydrogens (primary N) is 1. The van der Waals surface area contributed by atoms with Gasteiger partial charge in [-0.2, -0.15) is 5.26 Å². The zero-order chi connectivity index (χ0) is 13.5. The standard InChI is InChI=1S/C13H18N4O/c1-3-6-16-13(18)9-17(2)12-7-10(8-14)4-5-11(12)15/h4-5,7H,3,6,9,15H2,1-2H3,(H,16,18). The lowest BCUT2D eigenvalue weighted by atomic mass is 10.1. The molecule has 0 aromatic heterocycles. The highest BCUT2D eigenvalue weighted by atomic mass is 16.2. The average molecular weight is 246 g/mol. The number of likely N-dealkylation sites (N-methyl/N-ethyl adjacent to an activating group) is 1. The Labute approximate surface area is 107 Å². The third kappa shape index (κ3) is 3.67. The minimum absolute atomic E-state index is 0.0545. The molecule has 0 unspecified atom stereocenters. The first-order valence-electron chi connectivity index (χ1n) is 5.86. The Kier molecular flexibility index (Phi) is 5.00. The molecule has 1 aromatic carbocycles. The van der Waals surface area contributed by atoms with Crippen molar-refractivity contribution in [3.8, 4) is 6.07 Å². The fourth-order valence-electron chi connectivity index (χ4n) is 1.56. The van der Waals surface area contributed by atoms with Crippen molar-refractivity contribution >= 4 is 17.3 Å². The van der Waals surface area contributed by atoms with Crippen LogP contribution in [0.1, 0.15) is 18.9 Å². The van der Waals surface area contributed by atoms with Crippen molar-refractivity contribution in [3.05, 3.63) is 23.8 Å². The zero-order valence-electron chi connectivity index (χ0n) is 10.7. The Morgan fingerprint density at radius 1 is 1.56 bits per heavy atom. The quantitative estimate of drug-likeness (QED) is 0.762. The number of nitrogens with zero attached hydrogens (tertiary/aromatic N) is 2. The average Bonchev–Trinajstić information content (AvgIpc) is 2.36. The smallest absolute Gasteiger partial charge is 0.239 e. The topological polar surface area (TPSA) is 82.2 Å². The van der Waals surface area contributed by atoms with E-state index >= 15 is 0 Å². The molecular weight excluding hydrogens is 228 g/mol. The van der Waals surface area contributed by atoms with E-state index in [0.29, 0.717) is 23.5 Å². The summed E-state index contributed by atoms with van der Waals surface area (Å²) in [7, 11) is 1.78. The molecule has 3 N–H and O–H groups in total. The first kappa shape index (κ1) is 13.8. The molecule has 0 heterocycles. The Hall–Kier alpha value is -2.22. The van der Waals surface area contributed by atoms with Gasteiger partial charge in [-0.1, -0.05) is 6.92 Å². The van der Waals surface area contributed by atoms with Crippen LogP contribution in [0.5, 0.6) is 0 Å². The molecule has 0 saturated carbocycles. The number of benzene rings is 1. The van der Waals surface area contributed by atoms with Gasteiger partial charge in [-0.3, -0.25) is 4.79 Å². The van der Waals surface area contributed by atoms with Crippen LogP contribution in [0.25, 0.3) is 0 Å². The van der Waals surface area contributed by atoms with Crippen LogP contribution in [0.2, 0.25) is 0 Å². The molecule has 0 atom stereocenters. The maximum Gasteiger partial charge on any atom is 0.239 e. The second-order valence-electron chi connectivity index (χ2n) is 4.09. The molecule has 0 aliphatic carbocycles. The highest BCUT2D eigenvalue weighted by molar-refractivity contribution is 5.83. The van der Waals surface area contributed by atoms with Gasteiger partial charge in [0.05, 0.1) is 29.6 Å². The molecule has 0 fully saturated rings. The molecule has 0 aliphatic heterocycles. The van der Waals surface area contributed by atoms with Crippen LogP contribution in [-0.4, -0.2) is 26.0 Å². The fourth-order valence-corrected chi connectivity index (χ4v) is 1.56. The maximum absolute atomic E-state index is 11.6. The number of amides is 1. The second-order valence-corrected chi connectivity index (χ2v) is 4.09. The van der Waals surface area contributed by atoms with Gasteiger partial charge >= 0.3 is 0 Å². The Bertz CT molecular complexity index is 465. The molecule has 1 aromatic rings. The van der Waals surface area contributed by atoms with E-state index in [1.807, 2.05) is 6.92 Å². The first-order valence-corrected chi connectivity index (χ1v) is 5.86. The number of hydrogen-bond acceptors (Lipinski definition) is 4. The lowest BCUT2D eigenvalue weighted by Gasteiger charge is -2.20. The Morgan fingerprint density at radius 2 is 2.28 bits per heavy atom. The molecule has 1 amide bonds. The van der Waals surface area contributed by atoms with Crippen molar-refractivity contribution in [1.29, 1.82) is 5.26 Å². The number of nitriles is 1. The van der Waals surface area contributed by atoms with Gasteiger partial charge in [0.1, 0.15) is 0 Å². The minimum Gasteiger partial charge on any atom is -0.397 e. The van der Waals surface area contributed by atoms with E-state index in [9.17, 15) is 4.79 Å². The summed E-state index contributed by atoms with van der Waals surface area (Å²) in [5.74, 6) is -0.0545. The van der Waals surface area contributed by atoms with Crippen LogP contribution in [0.15, 0.2) is 18.2 Å². The predicted octanol–water partition coefficient (Wildman–Crippen LogP) is 1.10. The SMILES string of the molecule is CCCNC(=O)CN(C)c1cc(C#N)ccc1N. The number of carbonyl (C=O) groups is 1. The van der Waals surface area contributed by atoms with Crippen molar-refractivity contribution in [1.82, 2.24) is 5.32 Å². The van der Waals surface area contributed by atoms with Crippen LogP contribution in [0.3, 0.4) is 0 Å². The van der Waals surface area contributed by atoms with Gasteiger partial charge < -0.3 is 16.0 Å². The summed E-state index contributed by atoms with van der Waals surface area (Å²) in [5, 5.41) is 11.6. The van der Waals surface area contributed by atoms with Crippen molar-refractivity contribution in [2.75, 3.05) is 30.8 Å². The summed E-state index contributed by atoms with van der Waals surface area (Å²) in [5.41, 5.74) is 7.62. The number of anilines is 2. The summed E-state index contributed by atoms with van der Waals surface area (Å²) < 4.78 is 0. The first-order chi connectivity index (χ1) is 8.58. The number of nitrogen functional groups attached to an aromatic ring is 1. The highest BCUT2D eigenvalue weighted by Gasteiger charge is 2.10. The zero-order valence-corrected chi connectivity index (χ0v) is 10.7. The summed E-state index contributed by atoms with van der Waals surface area (Å²) in [4.78, 5) is 13.3. The van der Waals surface area contributed by atoms with Crippen LogP contribution in [0, 0.1) is 11.3 Å². The van der Waals surface area contributed by atoms with E-state index in [0.717, 1.165) is 6.42 Å². The monoisotopic (exact) mass is 246 g/mol. The van der Waals surface area contributed by atoms with Gasteiger partial charge in [0.25, 0.3) is 0 Å². The molecule has 0 radical (unpaired) electrons. The van der Waals surface area contributed by atoms with Crippen molar-refractivity contribution in [2.24, 2.45) is 0 Å². The Morgan fingerprint density at radius 3 is 2.89 bits per heavy atom. The molecule has 0 aliphatic rings. The third-order valence-electron chi connectivity index (χ3n) is 2.52. The Balaban J connectivity index is 2.75. The molecule has 5 nitrogen and oxygen atoms in total. The van der Waals surface area contributed by atoms with E-state index in [1.165, 1.54) is 0 Å². The van der Waals surface area contributed by atoms with E-state index < -0.39 is 0 Å². The van der Waals surface area contributed by atoms with Gasteiger partial charge in [0.2, 0.25) is 5.91 Å². The molecule has 0 saturated heterocycles. The molecule has 5 heteroatoms. The van der Waals surface area contributed by atoms with Gasteiger partial charge in [0.15, 0.2) is 0 Å². The predicted molar refractivity (Wildman–Crippen MR) is 72.1 cm³/mol. The van der Waals surface area contributed by atoms with E-state index in [4.69, 9.17) is 11.0 Å². The van der Waals surface area contributed by atoms with Gasteiger partial charge in [0, 0.05) is 13.6 Å². The van der Waals surface area contributed by atoms with Crippen LogP contribution >= 0.6 is 0 Å². The molecule has 96 valence electrons. The summed E-state index contributed by atoms with van der Waals surface area (Å²) in [6.45, 7) is 2.89. The largest absolute Gasteiger partial charge is 0.397 e. The number of rotatable bonds is 5. The molecule has 1 rings (SSSR count). The second kappa shape index (κ2) is 6.50. The summed E-state index contributed by atoms with van der Waals surface area (Å²) >= 11 is 0. The number of nitrogens with one attached hydrogen (secondary N) is 1. The van der Waals surface area contributed by atoms with E-state index in [-0.39, 0.29) is 12.5 Å².